The van der Waals surface area contributed by atoms with Crippen molar-refractivity contribution < 1.29 is 14.6 Å². The molecule has 0 fully saturated rings. The maximum Gasteiger partial charge on any atom is 0.339 e. The maximum atomic E-state index is 12.7. The molecule has 0 saturated heterocycles. The van der Waals surface area contributed by atoms with Gasteiger partial charge in [-0.05, 0) is 41.5 Å². The standard InChI is InChI=1S/C20H25NO4/c1-12-10-14-16(15(12)18(23)25-19(2,3)4)13(8-9-20(5,6)24)11-21(7)17(14)22/h11,24H,10H2,1-7H3. The normalized spacial score (nSPS) is 14.1. The molecule has 1 aromatic heterocycles. The quantitative estimate of drug-likeness (QED) is 0.627. The SMILES string of the molecule is CC1=C(C(=O)OC(C)(C)C)c2c(C#CC(C)(C)O)cn(C)c(=O)c2C1. The Hall–Kier alpha value is -2.32. The van der Waals surface area contributed by atoms with Crippen molar-refractivity contribution in [1.82, 2.24) is 4.57 Å². The third-order valence-corrected chi connectivity index (χ3v) is 3.70. The highest BCUT2D eigenvalue weighted by Gasteiger charge is 2.32. The van der Waals surface area contributed by atoms with E-state index in [1.54, 1.807) is 47.9 Å². The second-order valence-corrected chi connectivity index (χ2v) is 7.96. The van der Waals surface area contributed by atoms with E-state index in [4.69, 9.17) is 4.74 Å². The molecular formula is C20H25NO4. The number of nitrogens with zero attached hydrogens (tertiary/aromatic N) is 1. The van der Waals surface area contributed by atoms with Gasteiger partial charge in [0.2, 0.25) is 0 Å². The molecule has 0 aromatic carbocycles. The molecule has 0 bridgehead atoms. The molecule has 1 aromatic rings. The third kappa shape index (κ3) is 4.21. The van der Waals surface area contributed by atoms with Crippen LogP contribution < -0.4 is 5.56 Å². The molecule has 25 heavy (non-hydrogen) atoms. The molecule has 0 amide bonds. The van der Waals surface area contributed by atoms with E-state index < -0.39 is 17.2 Å². The number of pyridine rings is 1. The molecule has 0 spiro atoms. The minimum atomic E-state index is -1.18. The fraction of sp³-hybridized carbons (Fsp3) is 0.500. The van der Waals surface area contributed by atoms with Crippen LogP contribution in [0.15, 0.2) is 16.6 Å². The van der Waals surface area contributed by atoms with Crippen molar-refractivity contribution in [2.75, 3.05) is 0 Å². The first-order chi connectivity index (χ1) is 11.3. The number of aliphatic hydroxyl groups is 1. The van der Waals surface area contributed by atoms with Gasteiger partial charge in [0.05, 0.1) is 5.57 Å². The number of fused-ring (bicyclic) bond motifs is 1. The number of carbonyl (C=O) groups is 1. The van der Waals surface area contributed by atoms with E-state index in [1.165, 1.54) is 4.57 Å². The number of esters is 1. The first kappa shape index (κ1) is 19.0. The molecule has 1 N–H and O–H groups in total. The van der Waals surface area contributed by atoms with Crippen molar-refractivity contribution in [2.45, 2.75) is 59.2 Å². The van der Waals surface area contributed by atoms with Gasteiger partial charge in [-0.1, -0.05) is 17.4 Å². The van der Waals surface area contributed by atoms with Gasteiger partial charge >= 0.3 is 5.97 Å². The number of allylic oxidation sites excluding steroid dienone is 1. The molecule has 0 saturated carbocycles. The van der Waals surface area contributed by atoms with Gasteiger partial charge in [0.15, 0.2) is 0 Å². The van der Waals surface area contributed by atoms with Gasteiger partial charge in [-0.15, -0.1) is 0 Å². The molecule has 2 rings (SSSR count). The van der Waals surface area contributed by atoms with Gasteiger partial charge in [0.25, 0.3) is 5.56 Å². The Kier molecular flexibility index (Phi) is 4.71. The summed E-state index contributed by atoms with van der Waals surface area (Å²) in [5, 5.41) is 9.89. The summed E-state index contributed by atoms with van der Waals surface area (Å²) in [7, 11) is 1.65. The fourth-order valence-electron chi connectivity index (χ4n) is 2.74. The van der Waals surface area contributed by atoms with Gasteiger partial charge in [-0.25, -0.2) is 4.79 Å². The summed E-state index contributed by atoms with van der Waals surface area (Å²) in [6.45, 7) is 10.4. The Bertz CT molecular complexity index is 878. The summed E-state index contributed by atoms with van der Waals surface area (Å²) >= 11 is 0. The zero-order chi connectivity index (χ0) is 19.2. The third-order valence-electron chi connectivity index (χ3n) is 3.70. The highest BCUT2D eigenvalue weighted by molar-refractivity contribution is 6.20. The van der Waals surface area contributed by atoms with E-state index in [0.717, 1.165) is 5.57 Å². The Labute approximate surface area is 148 Å². The average Bonchev–Trinajstić information content (AvgIpc) is 2.76. The summed E-state index contributed by atoms with van der Waals surface area (Å²) in [4.78, 5) is 25.2. The highest BCUT2D eigenvalue weighted by Crippen LogP contribution is 2.34. The van der Waals surface area contributed by atoms with Crippen LogP contribution in [-0.2, 0) is 23.0 Å². The maximum absolute atomic E-state index is 12.7. The van der Waals surface area contributed by atoms with E-state index in [0.29, 0.717) is 28.7 Å². The van der Waals surface area contributed by atoms with Crippen LogP contribution in [0.3, 0.4) is 0 Å². The lowest BCUT2D eigenvalue weighted by molar-refractivity contribution is -0.147. The minimum absolute atomic E-state index is 0.151. The molecular weight excluding hydrogens is 318 g/mol. The number of aryl methyl sites for hydroxylation is 1. The van der Waals surface area contributed by atoms with Crippen molar-refractivity contribution in [3.05, 3.63) is 38.8 Å². The summed E-state index contributed by atoms with van der Waals surface area (Å²) < 4.78 is 6.97. The molecule has 1 aliphatic rings. The van der Waals surface area contributed by atoms with Gasteiger partial charge in [-0.3, -0.25) is 4.79 Å². The zero-order valence-corrected chi connectivity index (χ0v) is 15.9. The van der Waals surface area contributed by atoms with E-state index in [-0.39, 0.29) is 5.56 Å². The van der Waals surface area contributed by atoms with Crippen molar-refractivity contribution in [1.29, 1.82) is 0 Å². The van der Waals surface area contributed by atoms with E-state index in [1.807, 2.05) is 6.92 Å². The van der Waals surface area contributed by atoms with Crippen molar-refractivity contribution >= 4 is 11.5 Å². The first-order valence-corrected chi connectivity index (χ1v) is 8.21. The van der Waals surface area contributed by atoms with Crippen LogP contribution in [0.2, 0.25) is 0 Å². The van der Waals surface area contributed by atoms with Crippen LogP contribution in [0.5, 0.6) is 0 Å². The van der Waals surface area contributed by atoms with Crippen LogP contribution in [0, 0.1) is 11.8 Å². The molecule has 5 heteroatoms. The van der Waals surface area contributed by atoms with Crippen molar-refractivity contribution in [3.8, 4) is 11.8 Å². The monoisotopic (exact) mass is 343 g/mol. The lowest BCUT2D eigenvalue weighted by Crippen LogP contribution is -2.26. The number of rotatable bonds is 1. The molecule has 0 unspecified atom stereocenters. The van der Waals surface area contributed by atoms with E-state index in [9.17, 15) is 14.7 Å². The fourth-order valence-corrected chi connectivity index (χ4v) is 2.74. The molecule has 0 atom stereocenters. The molecule has 134 valence electrons. The number of carbonyl (C=O) groups excluding carboxylic acids is 1. The Balaban J connectivity index is 2.67. The molecule has 0 aliphatic heterocycles. The molecule has 1 heterocycles. The predicted molar refractivity (Wildman–Crippen MR) is 97.0 cm³/mol. The van der Waals surface area contributed by atoms with Crippen LogP contribution in [-0.4, -0.2) is 26.8 Å². The predicted octanol–water partition coefficient (Wildman–Crippen LogP) is 2.18. The van der Waals surface area contributed by atoms with Crippen LogP contribution in [0.25, 0.3) is 5.57 Å². The smallest absolute Gasteiger partial charge is 0.339 e. The lowest BCUT2D eigenvalue weighted by atomic mass is 10.00. The molecule has 1 aliphatic carbocycles. The summed E-state index contributed by atoms with van der Waals surface area (Å²) in [6, 6.07) is 0. The highest BCUT2D eigenvalue weighted by atomic mass is 16.6. The topological polar surface area (TPSA) is 68.5 Å². The van der Waals surface area contributed by atoms with Gasteiger partial charge in [0, 0.05) is 36.4 Å². The van der Waals surface area contributed by atoms with Crippen molar-refractivity contribution in [3.63, 3.8) is 0 Å². The molecule has 5 nitrogen and oxygen atoms in total. The second-order valence-electron chi connectivity index (χ2n) is 7.96. The summed E-state index contributed by atoms with van der Waals surface area (Å²) in [5.41, 5.74) is 0.854. The second kappa shape index (κ2) is 6.20. The minimum Gasteiger partial charge on any atom is -0.456 e. The zero-order valence-electron chi connectivity index (χ0n) is 15.9. The molecule has 0 radical (unpaired) electrons. The van der Waals surface area contributed by atoms with Crippen LogP contribution in [0.1, 0.15) is 58.2 Å². The summed E-state index contributed by atoms with van der Waals surface area (Å²) in [6.07, 6.45) is 2.00. The number of hydrogen-bond donors (Lipinski definition) is 1. The number of hydrogen-bond acceptors (Lipinski definition) is 4. The Morgan fingerprint density at radius 3 is 2.40 bits per heavy atom. The Morgan fingerprint density at radius 1 is 1.28 bits per heavy atom. The number of aromatic nitrogens is 1. The summed E-state index contributed by atoms with van der Waals surface area (Å²) in [5.74, 6) is 5.22. The van der Waals surface area contributed by atoms with Gasteiger partial charge < -0.3 is 14.4 Å². The average molecular weight is 343 g/mol. The lowest BCUT2D eigenvalue weighted by Gasteiger charge is -2.21. The number of ether oxygens (including phenoxy) is 1. The largest absolute Gasteiger partial charge is 0.456 e. The Morgan fingerprint density at radius 2 is 1.88 bits per heavy atom. The van der Waals surface area contributed by atoms with E-state index >= 15 is 0 Å². The van der Waals surface area contributed by atoms with Crippen LogP contribution >= 0.6 is 0 Å². The van der Waals surface area contributed by atoms with Crippen molar-refractivity contribution in [2.24, 2.45) is 7.05 Å². The van der Waals surface area contributed by atoms with Gasteiger partial charge in [-0.2, -0.15) is 0 Å². The van der Waals surface area contributed by atoms with E-state index in [2.05, 4.69) is 11.8 Å². The van der Waals surface area contributed by atoms with Crippen LogP contribution in [0.4, 0.5) is 0 Å². The first-order valence-electron chi connectivity index (χ1n) is 8.21. The van der Waals surface area contributed by atoms with Gasteiger partial charge in [0.1, 0.15) is 11.2 Å².